The average Bonchev–Trinajstić information content (AvgIpc) is 2.50. The minimum absolute atomic E-state index is 0.345. The Morgan fingerprint density at radius 1 is 1.12 bits per heavy atom. The van der Waals surface area contributed by atoms with Crippen molar-refractivity contribution in [3.8, 4) is 0 Å². The number of rotatable bonds is 2. The Balaban J connectivity index is 1.85. The first kappa shape index (κ1) is 13.1. The molecule has 0 aromatic heterocycles. The summed E-state index contributed by atoms with van der Waals surface area (Å²) in [5.41, 5.74) is 0. The maximum absolute atomic E-state index is 12.0. The van der Waals surface area contributed by atoms with Crippen molar-refractivity contribution in [1.29, 1.82) is 0 Å². The van der Waals surface area contributed by atoms with Crippen LogP contribution in [0.25, 0.3) is 0 Å². The van der Waals surface area contributed by atoms with Crippen LogP contribution in [0.4, 0.5) is 0 Å². The minimum Gasteiger partial charge on any atom is -0.302 e. The monoisotopic (exact) mass is 237 g/mol. The van der Waals surface area contributed by atoms with Gasteiger partial charge < -0.3 is 4.90 Å². The van der Waals surface area contributed by atoms with E-state index in [0.29, 0.717) is 11.7 Å². The molecule has 0 bridgehead atoms. The Morgan fingerprint density at radius 3 is 2.71 bits per heavy atom. The van der Waals surface area contributed by atoms with Gasteiger partial charge in [-0.2, -0.15) is 0 Å². The summed E-state index contributed by atoms with van der Waals surface area (Å²) >= 11 is 0. The lowest BCUT2D eigenvalue weighted by Gasteiger charge is -2.36. The summed E-state index contributed by atoms with van der Waals surface area (Å²) in [7, 11) is 0. The molecule has 0 aromatic rings. The number of likely N-dealkylation sites (tertiary alicyclic amines) is 1. The zero-order valence-electron chi connectivity index (χ0n) is 11.5. The summed E-state index contributed by atoms with van der Waals surface area (Å²) in [6.07, 6.45) is 6.93. The first-order valence-electron chi connectivity index (χ1n) is 7.42. The molecular weight excluding hydrogens is 210 g/mol. The van der Waals surface area contributed by atoms with Gasteiger partial charge in [0, 0.05) is 25.4 Å². The van der Waals surface area contributed by atoms with Gasteiger partial charge in [0.05, 0.1) is 0 Å². The molecule has 1 saturated carbocycles. The maximum atomic E-state index is 12.0. The van der Waals surface area contributed by atoms with Gasteiger partial charge in [-0.05, 0) is 37.6 Å². The highest BCUT2D eigenvalue weighted by Gasteiger charge is 2.27. The maximum Gasteiger partial charge on any atom is 0.137 e. The quantitative estimate of drug-likeness (QED) is 0.688. The van der Waals surface area contributed by atoms with E-state index in [-0.39, 0.29) is 0 Å². The lowest BCUT2D eigenvalue weighted by molar-refractivity contribution is -0.123. The minimum atomic E-state index is 0.345. The van der Waals surface area contributed by atoms with Crippen molar-refractivity contribution < 1.29 is 4.79 Å². The fourth-order valence-corrected chi connectivity index (χ4v) is 3.25. The topological polar surface area (TPSA) is 20.3 Å². The zero-order valence-corrected chi connectivity index (χ0v) is 11.5. The molecule has 2 nitrogen and oxygen atoms in total. The number of carbonyl (C=O) groups is 1. The molecule has 2 heteroatoms. The molecule has 3 unspecified atom stereocenters. The van der Waals surface area contributed by atoms with Gasteiger partial charge in [0.1, 0.15) is 5.78 Å². The first-order valence-corrected chi connectivity index (χ1v) is 7.42. The largest absolute Gasteiger partial charge is 0.302 e. The number of ketones is 1. The number of carbonyl (C=O) groups excluding carboxylic acids is 1. The molecule has 3 atom stereocenters. The Labute approximate surface area is 106 Å². The average molecular weight is 237 g/mol. The summed E-state index contributed by atoms with van der Waals surface area (Å²) in [6, 6.07) is 0. The van der Waals surface area contributed by atoms with Crippen LogP contribution in [0.1, 0.15) is 52.4 Å². The number of nitrogens with zero attached hydrogens (tertiary/aromatic N) is 1. The summed E-state index contributed by atoms with van der Waals surface area (Å²) in [6.45, 7) is 8.15. The van der Waals surface area contributed by atoms with Gasteiger partial charge in [-0.3, -0.25) is 4.79 Å². The van der Waals surface area contributed by atoms with Gasteiger partial charge in [0.25, 0.3) is 0 Å². The predicted octanol–water partition coefficient (Wildman–Crippen LogP) is 3.11. The molecule has 1 aliphatic heterocycles. The van der Waals surface area contributed by atoms with Crippen molar-refractivity contribution in [2.24, 2.45) is 17.8 Å². The van der Waals surface area contributed by atoms with Crippen molar-refractivity contribution in [3.05, 3.63) is 0 Å². The van der Waals surface area contributed by atoms with Gasteiger partial charge >= 0.3 is 0 Å². The van der Waals surface area contributed by atoms with E-state index in [1.165, 1.54) is 32.4 Å². The molecule has 0 N–H and O–H groups in total. The van der Waals surface area contributed by atoms with E-state index < -0.39 is 0 Å². The number of Topliss-reactive ketones (excluding diaryl/α,β-unsaturated/α-hetero) is 1. The SMILES string of the molecule is CC1CCN(CC2CCCCCC2=O)CC1C. The molecule has 98 valence electrons. The van der Waals surface area contributed by atoms with E-state index in [0.717, 1.165) is 37.6 Å². The number of hydrogen-bond donors (Lipinski definition) is 0. The molecule has 1 aliphatic carbocycles. The summed E-state index contributed by atoms with van der Waals surface area (Å²) in [4.78, 5) is 14.5. The molecular formula is C15H27NO. The second-order valence-corrected chi connectivity index (χ2v) is 6.27. The van der Waals surface area contributed by atoms with Crippen LogP contribution in [-0.4, -0.2) is 30.3 Å². The molecule has 2 fully saturated rings. The molecule has 2 aliphatic rings. The van der Waals surface area contributed by atoms with E-state index in [2.05, 4.69) is 18.7 Å². The van der Waals surface area contributed by atoms with E-state index >= 15 is 0 Å². The van der Waals surface area contributed by atoms with Crippen LogP contribution in [-0.2, 0) is 4.79 Å². The third-order valence-corrected chi connectivity index (χ3v) is 4.83. The Morgan fingerprint density at radius 2 is 1.94 bits per heavy atom. The summed E-state index contributed by atoms with van der Waals surface area (Å²) in [5, 5.41) is 0. The first-order chi connectivity index (χ1) is 8.16. The van der Waals surface area contributed by atoms with Gasteiger partial charge in [-0.1, -0.05) is 26.7 Å². The predicted molar refractivity (Wildman–Crippen MR) is 71.0 cm³/mol. The zero-order chi connectivity index (χ0) is 12.3. The van der Waals surface area contributed by atoms with Gasteiger partial charge in [0.15, 0.2) is 0 Å². The van der Waals surface area contributed by atoms with Crippen LogP contribution >= 0.6 is 0 Å². The highest BCUT2D eigenvalue weighted by Crippen LogP contribution is 2.26. The van der Waals surface area contributed by atoms with Gasteiger partial charge in [0.2, 0.25) is 0 Å². The second-order valence-electron chi connectivity index (χ2n) is 6.27. The molecule has 1 heterocycles. The van der Waals surface area contributed by atoms with Crippen molar-refractivity contribution in [1.82, 2.24) is 4.90 Å². The van der Waals surface area contributed by atoms with E-state index in [4.69, 9.17) is 0 Å². The number of hydrogen-bond acceptors (Lipinski definition) is 2. The van der Waals surface area contributed by atoms with E-state index in [9.17, 15) is 4.79 Å². The molecule has 1 saturated heterocycles. The van der Waals surface area contributed by atoms with Crippen LogP contribution in [0.15, 0.2) is 0 Å². The van der Waals surface area contributed by atoms with E-state index in [1.807, 2.05) is 0 Å². The third kappa shape index (κ3) is 3.54. The highest BCUT2D eigenvalue weighted by molar-refractivity contribution is 5.81. The molecule has 0 spiro atoms. The van der Waals surface area contributed by atoms with Crippen molar-refractivity contribution in [3.63, 3.8) is 0 Å². The fraction of sp³-hybridized carbons (Fsp3) is 0.933. The fourth-order valence-electron chi connectivity index (χ4n) is 3.25. The second kappa shape index (κ2) is 5.99. The lowest BCUT2D eigenvalue weighted by atomic mass is 9.87. The Hall–Kier alpha value is -0.370. The smallest absolute Gasteiger partial charge is 0.137 e. The Kier molecular flexibility index (Phi) is 4.61. The van der Waals surface area contributed by atoms with Crippen LogP contribution in [0.2, 0.25) is 0 Å². The standard InChI is InChI=1S/C15H27NO/c1-12-8-9-16(10-13(12)2)11-14-6-4-3-5-7-15(14)17/h12-14H,3-11H2,1-2H3. The van der Waals surface area contributed by atoms with Crippen molar-refractivity contribution in [2.75, 3.05) is 19.6 Å². The molecule has 2 rings (SSSR count). The lowest BCUT2D eigenvalue weighted by Crippen LogP contribution is -2.42. The number of piperidine rings is 1. The molecule has 0 aromatic carbocycles. The van der Waals surface area contributed by atoms with E-state index in [1.54, 1.807) is 0 Å². The van der Waals surface area contributed by atoms with Crippen LogP contribution in [0.3, 0.4) is 0 Å². The van der Waals surface area contributed by atoms with Crippen LogP contribution in [0.5, 0.6) is 0 Å². The molecule has 0 radical (unpaired) electrons. The third-order valence-electron chi connectivity index (χ3n) is 4.83. The van der Waals surface area contributed by atoms with Gasteiger partial charge in [-0.25, -0.2) is 0 Å². The van der Waals surface area contributed by atoms with Crippen LogP contribution < -0.4 is 0 Å². The highest BCUT2D eigenvalue weighted by atomic mass is 16.1. The van der Waals surface area contributed by atoms with Gasteiger partial charge in [-0.15, -0.1) is 0 Å². The van der Waals surface area contributed by atoms with Crippen molar-refractivity contribution in [2.45, 2.75) is 52.4 Å². The Bertz CT molecular complexity index is 264. The molecule has 0 amide bonds. The van der Waals surface area contributed by atoms with Crippen LogP contribution in [0, 0.1) is 17.8 Å². The summed E-state index contributed by atoms with van der Waals surface area (Å²) < 4.78 is 0. The molecule has 17 heavy (non-hydrogen) atoms. The van der Waals surface area contributed by atoms with Crippen molar-refractivity contribution >= 4 is 5.78 Å². The normalized spacial score (nSPS) is 36.8. The summed E-state index contributed by atoms with van der Waals surface area (Å²) in [5.74, 6) is 2.53.